The summed E-state index contributed by atoms with van der Waals surface area (Å²) >= 11 is 5.74. The maximum Gasteiger partial charge on any atom is 0.275 e. The van der Waals surface area contributed by atoms with Crippen molar-refractivity contribution in [1.82, 2.24) is 14.9 Å². The minimum absolute atomic E-state index is 0.0863. The first kappa shape index (κ1) is 19.9. The maximum atomic E-state index is 13.4. The molecular weight excluding hydrogens is 441 g/mol. The summed E-state index contributed by atoms with van der Waals surface area (Å²) in [6.07, 6.45) is 2.31. The second-order valence-electron chi connectivity index (χ2n) is 6.04. The third-order valence-electron chi connectivity index (χ3n) is 3.99. The maximum absolute atomic E-state index is 13.4. The van der Waals surface area contributed by atoms with E-state index in [1.807, 2.05) is 0 Å². The standard InChI is InChI=1S/C17H13ClFN5O5S/c18-13-5-10(1-2-14(13)19)22-17(25)12-6-11(7-15-16(12)29-4-3-28-15)30(26,27)23-24-8-20-21-9-24/h1-2,5-9,23H,3-4H2,(H,22,25). The Morgan fingerprint density at radius 1 is 1.13 bits per heavy atom. The Balaban J connectivity index is 1.71. The minimum atomic E-state index is -4.11. The zero-order valence-electron chi connectivity index (χ0n) is 15.0. The molecule has 0 unspecified atom stereocenters. The zero-order chi connectivity index (χ0) is 21.3. The SMILES string of the molecule is O=C(Nc1ccc(F)c(Cl)c1)c1cc(S(=O)(=O)Nn2cnnc2)cc2c1OCCO2. The van der Waals surface area contributed by atoms with E-state index < -0.39 is 21.7 Å². The lowest BCUT2D eigenvalue weighted by molar-refractivity contribution is 0.101. The van der Waals surface area contributed by atoms with Crippen molar-refractivity contribution in [2.24, 2.45) is 0 Å². The largest absolute Gasteiger partial charge is 0.486 e. The number of nitrogens with zero attached hydrogens (tertiary/aromatic N) is 3. The average molecular weight is 454 g/mol. The molecule has 1 amide bonds. The summed E-state index contributed by atoms with van der Waals surface area (Å²) in [7, 11) is -4.11. The molecule has 10 nitrogen and oxygen atoms in total. The predicted molar refractivity (Wildman–Crippen MR) is 103 cm³/mol. The normalized spacial score (nSPS) is 13.0. The Morgan fingerprint density at radius 3 is 2.60 bits per heavy atom. The number of hydrogen-bond donors (Lipinski definition) is 2. The first-order chi connectivity index (χ1) is 14.3. The molecule has 1 aliphatic rings. The summed E-state index contributed by atoms with van der Waals surface area (Å²) in [6.45, 7) is 0.366. The molecule has 0 saturated carbocycles. The van der Waals surface area contributed by atoms with Gasteiger partial charge in [0.25, 0.3) is 15.9 Å². The van der Waals surface area contributed by atoms with Crippen molar-refractivity contribution in [3.63, 3.8) is 0 Å². The molecule has 13 heteroatoms. The molecule has 3 aromatic rings. The lowest BCUT2D eigenvalue weighted by atomic mass is 10.1. The van der Waals surface area contributed by atoms with Crippen molar-refractivity contribution in [1.29, 1.82) is 0 Å². The molecule has 0 aliphatic carbocycles. The molecule has 0 radical (unpaired) electrons. The minimum Gasteiger partial charge on any atom is -0.486 e. The van der Waals surface area contributed by atoms with E-state index in [1.165, 1.54) is 18.2 Å². The molecule has 2 N–H and O–H groups in total. The number of ether oxygens (including phenoxy) is 2. The van der Waals surface area contributed by atoms with Gasteiger partial charge in [-0.1, -0.05) is 11.6 Å². The number of sulfonamides is 1. The molecule has 0 bridgehead atoms. The molecule has 0 saturated heterocycles. The Morgan fingerprint density at radius 2 is 1.87 bits per heavy atom. The van der Waals surface area contributed by atoms with Crippen LogP contribution in [0.4, 0.5) is 10.1 Å². The highest BCUT2D eigenvalue weighted by Crippen LogP contribution is 2.37. The predicted octanol–water partition coefficient (Wildman–Crippen LogP) is 2.03. The van der Waals surface area contributed by atoms with Crippen molar-refractivity contribution < 1.29 is 27.1 Å². The van der Waals surface area contributed by atoms with Crippen molar-refractivity contribution in [2.75, 3.05) is 23.4 Å². The fourth-order valence-electron chi connectivity index (χ4n) is 2.66. The van der Waals surface area contributed by atoms with Gasteiger partial charge in [-0.3, -0.25) is 4.79 Å². The number of fused-ring (bicyclic) bond motifs is 1. The second kappa shape index (κ2) is 7.80. The summed E-state index contributed by atoms with van der Waals surface area (Å²) in [5, 5.41) is 9.39. The van der Waals surface area contributed by atoms with Crippen molar-refractivity contribution in [3.8, 4) is 11.5 Å². The monoisotopic (exact) mass is 453 g/mol. The highest BCUT2D eigenvalue weighted by atomic mass is 35.5. The van der Waals surface area contributed by atoms with Gasteiger partial charge in [0.2, 0.25) is 0 Å². The number of carbonyl (C=O) groups excluding carboxylic acids is 1. The van der Waals surface area contributed by atoms with Crippen LogP contribution in [0.15, 0.2) is 47.9 Å². The third-order valence-corrected chi connectivity index (χ3v) is 5.59. The first-order valence-corrected chi connectivity index (χ1v) is 10.3. The van der Waals surface area contributed by atoms with Gasteiger partial charge in [-0.15, -0.1) is 10.2 Å². The molecule has 1 aromatic heterocycles. The van der Waals surface area contributed by atoms with E-state index in [9.17, 15) is 17.6 Å². The molecule has 1 aliphatic heterocycles. The van der Waals surface area contributed by atoms with Crippen LogP contribution in [0.1, 0.15) is 10.4 Å². The molecular formula is C17H13ClFN5O5S. The van der Waals surface area contributed by atoms with Crippen LogP contribution in [0, 0.1) is 5.82 Å². The summed E-state index contributed by atoms with van der Waals surface area (Å²) in [4.78, 5) is 14.8. The van der Waals surface area contributed by atoms with E-state index in [1.54, 1.807) is 0 Å². The Kier molecular flexibility index (Phi) is 5.18. The topological polar surface area (TPSA) is 124 Å². The summed E-state index contributed by atoms with van der Waals surface area (Å²) < 4.78 is 50.8. The molecule has 156 valence electrons. The number of halogens is 2. The number of rotatable bonds is 5. The third kappa shape index (κ3) is 4.00. The molecule has 4 rings (SSSR count). The van der Waals surface area contributed by atoms with Gasteiger partial charge < -0.3 is 14.8 Å². The number of nitrogens with one attached hydrogen (secondary N) is 2. The number of aromatic nitrogens is 3. The zero-order valence-corrected chi connectivity index (χ0v) is 16.6. The number of hydrogen-bond acceptors (Lipinski definition) is 7. The van der Waals surface area contributed by atoms with Crippen LogP contribution in [0.2, 0.25) is 5.02 Å². The van der Waals surface area contributed by atoms with Crippen molar-refractivity contribution >= 4 is 33.2 Å². The molecule has 0 fully saturated rings. The smallest absolute Gasteiger partial charge is 0.275 e. The van der Waals surface area contributed by atoms with E-state index >= 15 is 0 Å². The van der Waals surface area contributed by atoms with Crippen LogP contribution < -0.4 is 19.6 Å². The molecule has 30 heavy (non-hydrogen) atoms. The van der Waals surface area contributed by atoms with E-state index in [-0.39, 0.29) is 45.9 Å². The van der Waals surface area contributed by atoms with Crippen LogP contribution in [-0.4, -0.2) is 42.4 Å². The van der Waals surface area contributed by atoms with Gasteiger partial charge in [0, 0.05) is 11.8 Å². The van der Waals surface area contributed by atoms with E-state index in [0.717, 1.165) is 29.5 Å². The lowest BCUT2D eigenvalue weighted by Crippen LogP contribution is -2.24. The quantitative estimate of drug-likeness (QED) is 0.605. The number of anilines is 1. The van der Waals surface area contributed by atoms with Crippen LogP contribution >= 0.6 is 11.6 Å². The highest BCUT2D eigenvalue weighted by molar-refractivity contribution is 7.92. The Hall–Kier alpha value is -3.38. The first-order valence-electron chi connectivity index (χ1n) is 8.41. The van der Waals surface area contributed by atoms with Gasteiger partial charge >= 0.3 is 0 Å². The van der Waals surface area contributed by atoms with Gasteiger partial charge in [0.15, 0.2) is 11.5 Å². The highest BCUT2D eigenvalue weighted by Gasteiger charge is 2.27. The van der Waals surface area contributed by atoms with E-state index in [2.05, 4.69) is 20.3 Å². The average Bonchev–Trinajstić information content (AvgIpc) is 3.22. The summed E-state index contributed by atoms with van der Waals surface area (Å²) in [5.41, 5.74) is 0.129. The van der Waals surface area contributed by atoms with Crippen molar-refractivity contribution in [3.05, 3.63) is 59.4 Å². The van der Waals surface area contributed by atoms with Gasteiger partial charge in [0.05, 0.1) is 15.5 Å². The van der Waals surface area contributed by atoms with E-state index in [0.29, 0.717) is 0 Å². The fraction of sp³-hybridized carbons (Fsp3) is 0.118. The van der Waals surface area contributed by atoms with Gasteiger partial charge in [-0.2, -0.15) is 8.42 Å². The van der Waals surface area contributed by atoms with E-state index in [4.69, 9.17) is 21.1 Å². The Labute approximate surface area is 174 Å². The lowest BCUT2D eigenvalue weighted by Gasteiger charge is -2.22. The molecule has 0 spiro atoms. The fourth-order valence-corrected chi connectivity index (χ4v) is 3.86. The molecule has 0 atom stereocenters. The second-order valence-corrected chi connectivity index (χ2v) is 8.11. The summed E-state index contributed by atoms with van der Waals surface area (Å²) in [6, 6.07) is 6.02. The van der Waals surface area contributed by atoms with Crippen LogP contribution in [0.3, 0.4) is 0 Å². The van der Waals surface area contributed by atoms with Gasteiger partial charge in [0.1, 0.15) is 31.7 Å². The summed E-state index contributed by atoms with van der Waals surface area (Å²) in [5.74, 6) is -1.15. The van der Waals surface area contributed by atoms with Crippen LogP contribution in [0.25, 0.3) is 0 Å². The van der Waals surface area contributed by atoms with Crippen LogP contribution in [-0.2, 0) is 10.0 Å². The van der Waals surface area contributed by atoms with Gasteiger partial charge in [-0.05, 0) is 24.3 Å². The number of carbonyl (C=O) groups is 1. The van der Waals surface area contributed by atoms with Crippen molar-refractivity contribution in [2.45, 2.75) is 4.90 Å². The molecule has 2 aromatic carbocycles. The molecule has 2 heterocycles. The number of amides is 1. The van der Waals surface area contributed by atoms with Crippen LogP contribution in [0.5, 0.6) is 11.5 Å². The Bertz CT molecular complexity index is 1220. The number of benzene rings is 2. The van der Waals surface area contributed by atoms with Gasteiger partial charge in [-0.25, -0.2) is 13.9 Å².